The number of nitrogens with two attached hydrogens (primary N) is 1. The third-order valence-electron chi connectivity index (χ3n) is 5.17. The van der Waals surface area contributed by atoms with E-state index in [4.69, 9.17) is 25.0 Å². The van der Waals surface area contributed by atoms with E-state index in [0.29, 0.717) is 28.9 Å². The highest BCUT2D eigenvalue weighted by Gasteiger charge is 2.27. The standard InChI is InChI=1S/C24H22F2N3O3P/c1-30-20-10-8-18(17-9-11-21(24(25,26)33)29-22(17)20)23(28)32-15(12-27)7-6-14-13-31-19-5-3-2-4-16(14)19/h2-5,7-11,13,28H,6,12,27,33H2,1H3/b15-7+,28-23?. The van der Waals surface area contributed by atoms with Crippen LogP contribution >= 0.6 is 9.24 Å². The highest BCUT2D eigenvalue weighted by Crippen LogP contribution is 2.36. The Hall–Kier alpha value is -3.35. The number of pyridine rings is 1. The van der Waals surface area contributed by atoms with Crippen LogP contribution in [0, 0.1) is 5.41 Å². The van der Waals surface area contributed by atoms with Crippen LogP contribution in [0.1, 0.15) is 16.8 Å². The molecule has 1 unspecified atom stereocenters. The van der Waals surface area contributed by atoms with E-state index in [2.05, 4.69) is 4.98 Å². The lowest BCUT2D eigenvalue weighted by Crippen LogP contribution is -2.13. The molecule has 9 heteroatoms. The van der Waals surface area contributed by atoms with Crippen molar-refractivity contribution < 1.29 is 22.7 Å². The maximum Gasteiger partial charge on any atom is 0.300 e. The maximum atomic E-state index is 13.8. The van der Waals surface area contributed by atoms with E-state index in [-0.39, 0.29) is 18.0 Å². The molecule has 0 aliphatic carbocycles. The molecular formula is C24H22F2N3O3P. The van der Waals surface area contributed by atoms with Gasteiger partial charge in [-0.05, 0) is 42.8 Å². The van der Waals surface area contributed by atoms with Gasteiger partial charge in [-0.2, -0.15) is 8.78 Å². The molecule has 0 spiro atoms. The number of nitrogens with zero attached hydrogens (tertiary/aromatic N) is 1. The van der Waals surface area contributed by atoms with Crippen LogP contribution in [0.5, 0.6) is 5.75 Å². The lowest BCUT2D eigenvalue weighted by Gasteiger charge is -2.15. The number of hydrogen-bond donors (Lipinski definition) is 2. The van der Waals surface area contributed by atoms with E-state index in [0.717, 1.165) is 16.5 Å². The number of benzene rings is 2. The van der Waals surface area contributed by atoms with Gasteiger partial charge >= 0.3 is 0 Å². The first-order chi connectivity index (χ1) is 15.8. The highest BCUT2D eigenvalue weighted by atomic mass is 31.0. The van der Waals surface area contributed by atoms with Gasteiger partial charge in [0, 0.05) is 21.9 Å². The Kier molecular flexibility index (Phi) is 6.40. The average Bonchev–Trinajstić information content (AvgIpc) is 3.23. The van der Waals surface area contributed by atoms with Gasteiger partial charge in [0.25, 0.3) is 5.66 Å². The zero-order valence-corrected chi connectivity index (χ0v) is 18.9. The molecule has 0 aliphatic rings. The second-order valence-corrected chi connectivity index (χ2v) is 8.02. The van der Waals surface area contributed by atoms with Gasteiger partial charge in [-0.25, -0.2) is 4.98 Å². The molecule has 0 radical (unpaired) electrons. The SMILES string of the molecule is COc1ccc(C(=N)O/C(=C/Cc2coc3ccccc23)CN)c2ccc(C(F)(F)P)nc12. The van der Waals surface area contributed by atoms with Crippen molar-refractivity contribution in [2.45, 2.75) is 12.1 Å². The van der Waals surface area contributed by atoms with Crippen molar-refractivity contribution in [1.29, 1.82) is 5.41 Å². The number of aromatic nitrogens is 1. The minimum absolute atomic E-state index is 0.0773. The summed E-state index contributed by atoms with van der Waals surface area (Å²) in [4.78, 5) is 4.06. The van der Waals surface area contributed by atoms with Gasteiger partial charge in [0.15, 0.2) is 0 Å². The third-order valence-corrected chi connectivity index (χ3v) is 5.47. The van der Waals surface area contributed by atoms with Crippen LogP contribution in [-0.2, 0) is 16.8 Å². The second kappa shape index (κ2) is 9.25. The van der Waals surface area contributed by atoms with Gasteiger partial charge in [0.05, 0.1) is 19.9 Å². The molecule has 0 fully saturated rings. The van der Waals surface area contributed by atoms with Crippen molar-refractivity contribution in [2.24, 2.45) is 5.73 Å². The van der Waals surface area contributed by atoms with Crippen LogP contribution < -0.4 is 10.5 Å². The number of hydrogen-bond acceptors (Lipinski definition) is 6. The van der Waals surface area contributed by atoms with E-state index < -0.39 is 11.4 Å². The van der Waals surface area contributed by atoms with Crippen molar-refractivity contribution in [2.75, 3.05) is 13.7 Å². The number of para-hydroxylation sites is 1. The van der Waals surface area contributed by atoms with Crippen LogP contribution in [0.15, 0.2) is 71.0 Å². The van der Waals surface area contributed by atoms with Gasteiger partial charge < -0.3 is 19.6 Å². The predicted octanol–water partition coefficient (Wildman–Crippen LogP) is 5.34. The summed E-state index contributed by atoms with van der Waals surface area (Å²) in [6.45, 7) is 0.0773. The fourth-order valence-corrected chi connectivity index (χ4v) is 3.67. The quantitative estimate of drug-likeness (QED) is 0.165. The molecule has 0 saturated carbocycles. The molecule has 3 N–H and O–H groups in total. The molecule has 170 valence electrons. The zero-order valence-electron chi connectivity index (χ0n) is 17.8. The fourth-order valence-electron chi connectivity index (χ4n) is 3.51. The first-order valence-electron chi connectivity index (χ1n) is 10.1. The molecule has 0 saturated heterocycles. The minimum Gasteiger partial charge on any atom is -0.494 e. The zero-order chi connectivity index (χ0) is 23.6. The maximum absolute atomic E-state index is 13.8. The van der Waals surface area contributed by atoms with Crippen molar-refractivity contribution in [3.05, 3.63) is 83.5 Å². The minimum atomic E-state index is -3.19. The van der Waals surface area contributed by atoms with Crippen molar-refractivity contribution in [1.82, 2.24) is 4.98 Å². The van der Waals surface area contributed by atoms with Crippen molar-refractivity contribution >= 4 is 37.0 Å². The number of alkyl halides is 2. The summed E-state index contributed by atoms with van der Waals surface area (Å²) in [5.74, 6) is 0.540. The van der Waals surface area contributed by atoms with E-state index in [1.54, 1.807) is 24.5 Å². The van der Waals surface area contributed by atoms with Crippen LogP contribution in [0.3, 0.4) is 0 Å². The monoisotopic (exact) mass is 469 g/mol. The largest absolute Gasteiger partial charge is 0.494 e. The number of halogens is 2. The fraction of sp³-hybridized carbons (Fsp3) is 0.167. The lowest BCUT2D eigenvalue weighted by molar-refractivity contribution is 0.0990. The number of rotatable bonds is 7. The Balaban J connectivity index is 1.62. The van der Waals surface area contributed by atoms with E-state index in [1.807, 2.05) is 24.3 Å². The Morgan fingerprint density at radius 2 is 1.97 bits per heavy atom. The van der Waals surface area contributed by atoms with Gasteiger partial charge in [-0.1, -0.05) is 27.4 Å². The molecular weight excluding hydrogens is 447 g/mol. The molecule has 4 aromatic rings. The summed E-state index contributed by atoms with van der Waals surface area (Å²) in [6, 6.07) is 13.6. The van der Waals surface area contributed by atoms with Crippen molar-refractivity contribution in [3.8, 4) is 5.75 Å². The summed E-state index contributed by atoms with van der Waals surface area (Å²) in [5.41, 5.74) is 4.59. The summed E-state index contributed by atoms with van der Waals surface area (Å²) in [5, 5.41) is 9.92. The number of methoxy groups -OCH3 is 1. The molecule has 0 bridgehead atoms. The normalized spacial score (nSPS) is 12.3. The van der Waals surface area contributed by atoms with Crippen LogP contribution in [0.4, 0.5) is 8.78 Å². The van der Waals surface area contributed by atoms with Crippen LogP contribution in [0.25, 0.3) is 21.9 Å². The predicted molar refractivity (Wildman–Crippen MR) is 127 cm³/mol. The molecule has 4 rings (SSSR count). The smallest absolute Gasteiger partial charge is 0.300 e. The summed E-state index contributed by atoms with van der Waals surface area (Å²) < 4.78 is 44.1. The van der Waals surface area contributed by atoms with E-state index in [1.165, 1.54) is 28.5 Å². The number of nitrogens with one attached hydrogen (secondary N) is 1. The molecule has 0 aliphatic heterocycles. The molecule has 2 aromatic heterocycles. The molecule has 1 atom stereocenters. The topological polar surface area (TPSA) is 94.4 Å². The second-order valence-electron chi connectivity index (χ2n) is 7.30. The van der Waals surface area contributed by atoms with E-state index >= 15 is 0 Å². The third kappa shape index (κ3) is 4.72. The molecule has 33 heavy (non-hydrogen) atoms. The molecule has 2 heterocycles. The number of ether oxygens (including phenoxy) is 2. The van der Waals surface area contributed by atoms with Crippen LogP contribution in [0.2, 0.25) is 0 Å². The number of allylic oxidation sites excluding steroid dienone is 1. The average molecular weight is 469 g/mol. The summed E-state index contributed by atoms with van der Waals surface area (Å²) >= 11 is 0. The van der Waals surface area contributed by atoms with Gasteiger partial charge in [-0.3, -0.25) is 5.41 Å². The Bertz CT molecular complexity index is 1360. The van der Waals surface area contributed by atoms with Crippen LogP contribution in [-0.4, -0.2) is 24.5 Å². The number of furan rings is 1. The number of fused-ring (bicyclic) bond motifs is 2. The van der Waals surface area contributed by atoms with Crippen molar-refractivity contribution in [3.63, 3.8) is 0 Å². The summed E-state index contributed by atoms with van der Waals surface area (Å²) in [7, 11) is 2.90. The van der Waals surface area contributed by atoms with E-state index in [9.17, 15) is 8.78 Å². The Morgan fingerprint density at radius 3 is 2.70 bits per heavy atom. The van der Waals surface area contributed by atoms with Gasteiger partial charge in [0.1, 0.15) is 28.3 Å². The molecule has 2 aromatic carbocycles. The Labute approximate surface area is 191 Å². The summed E-state index contributed by atoms with van der Waals surface area (Å²) in [6.07, 6.45) is 3.99. The first-order valence-corrected chi connectivity index (χ1v) is 10.7. The molecule has 0 amide bonds. The lowest BCUT2D eigenvalue weighted by atomic mass is 10.1. The van der Waals surface area contributed by atoms with Gasteiger partial charge in [0.2, 0.25) is 5.90 Å². The molecule has 6 nitrogen and oxygen atoms in total. The first kappa shape index (κ1) is 22.8. The Morgan fingerprint density at radius 1 is 1.18 bits per heavy atom. The highest BCUT2D eigenvalue weighted by molar-refractivity contribution is 7.17. The van der Waals surface area contributed by atoms with Gasteiger partial charge in [-0.15, -0.1) is 0 Å².